The first kappa shape index (κ1) is 15.8. The first-order valence-corrected chi connectivity index (χ1v) is 7.90. The number of nitrogens with zero attached hydrogens (tertiary/aromatic N) is 1. The summed E-state index contributed by atoms with van der Waals surface area (Å²) in [5.41, 5.74) is 1.08. The van der Waals surface area contributed by atoms with E-state index in [-0.39, 0.29) is 18.6 Å². The van der Waals surface area contributed by atoms with Crippen molar-refractivity contribution in [1.29, 1.82) is 0 Å². The Morgan fingerprint density at radius 2 is 1.86 bits per heavy atom. The molecule has 4 heteroatoms. The normalized spacial score (nSPS) is 22.5. The molecule has 1 aliphatic rings. The number of aliphatic hydroxyl groups is 1. The van der Waals surface area contributed by atoms with Crippen LogP contribution in [0.25, 0.3) is 0 Å². The van der Waals surface area contributed by atoms with E-state index in [2.05, 4.69) is 4.90 Å². The molecule has 0 aliphatic heterocycles. The number of rotatable bonds is 6. The lowest BCUT2D eigenvalue weighted by atomic mass is 10.0. The number of benzene rings is 1. The Morgan fingerprint density at radius 1 is 1.14 bits per heavy atom. The van der Waals surface area contributed by atoms with Crippen LogP contribution in [0.5, 0.6) is 0 Å². The number of carboxylic acids is 1. The zero-order valence-electron chi connectivity index (χ0n) is 12.4. The standard InChI is InChI=1S/C17H25NO3/c19-16-11-6-2-5-10-15(16)18(13-7-12-17(20)21)14-8-3-1-4-9-14/h1,3-4,8-9,15-16,19H,2,5-7,10-13H2,(H,20,21). The van der Waals surface area contributed by atoms with E-state index < -0.39 is 5.97 Å². The molecule has 4 nitrogen and oxygen atoms in total. The molecule has 1 aromatic carbocycles. The van der Waals surface area contributed by atoms with Crippen molar-refractivity contribution >= 4 is 11.7 Å². The van der Waals surface area contributed by atoms with Gasteiger partial charge in [-0.1, -0.05) is 37.5 Å². The second-order valence-electron chi connectivity index (χ2n) is 5.80. The molecule has 0 radical (unpaired) electrons. The van der Waals surface area contributed by atoms with Crippen molar-refractivity contribution in [3.63, 3.8) is 0 Å². The zero-order valence-corrected chi connectivity index (χ0v) is 12.4. The van der Waals surface area contributed by atoms with Crippen molar-refractivity contribution in [3.05, 3.63) is 30.3 Å². The minimum Gasteiger partial charge on any atom is -0.481 e. The summed E-state index contributed by atoms with van der Waals surface area (Å²) in [6, 6.07) is 10.1. The predicted molar refractivity (Wildman–Crippen MR) is 83.5 cm³/mol. The maximum Gasteiger partial charge on any atom is 0.303 e. The minimum atomic E-state index is -0.760. The molecular weight excluding hydrogens is 266 g/mol. The average molecular weight is 291 g/mol. The molecule has 0 aromatic heterocycles. The maximum absolute atomic E-state index is 10.7. The molecule has 1 aromatic rings. The first-order chi connectivity index (χ1) is 10.2. The number of carbonyl (C=O) groups is 1. The Labute approximate surface area is 126 Å². The van der Waals surface area contributed by atoms with E-state index in [1.807, 2.05) is 30.3 Å². The second-order valence-corrected chi connectivity index (χ2v) is 5.80. The van der Waals surface area contributed by atoms with E-state index in [1.54, 1.807) is 0 Å². The zero-order chi connectivity index (χ0) is 15.1. The van der Waals surface area contributed by atoms with E-state index in [4.69, 9.17) is 5.11 Å². The number of anilines is 1. The van der Waals surface area contributed by atoms with Crippen molar-refractivity contribution in [1.82, 2.24) is 0 Å². The molecule has 1 saturated carbocycles. The topological polar surface area (TPSA) is 60.8 Å². The summed E-state index contributed by atoms with van der Waals surface area (Å²) in [4.78, 5) is 13.0. The number of carboxylic acid groups (broad SMARTS) is 1. The van der Waals surface area contributed by atoms with Crippen LogP contribution in [0.3, 0.4) is 0 Å². The lowest BCUT2D eigenvalue weighted by molar-refractivity contribution is -0.137. The van der Waals surface area contributed by atoms with Gasteiger partial charge in [0.05, 0.1) is 12.1 Å². The van der Waals surface area contributed by atoms with Crippen molar-refractivity contribution in [2.45, 2.75) is 57.1 Å². The van der Waals surface area contributed by atoms with Crippen LogP contribution in [0.15, 0.2) is 30.3 Å². The van der Waals surface area contributed by atoms with Gasteiger partial charge in [0, 0.05) is 18.7 Å². The summed E-state index contributed by atoms with van der Waals surface area (Å²) in [5, 5.41) is 19.3. The lowest BCUT2D eigenvalue weighted by Gasteiger charge is -2.36. The highest BCUT2D eigenvalue weighted by molar-refractivity contribution is 5.66. The Kier molecular flexibility index (Phi) is 6.05. The highest BCUT2D eigenvalue weighted by atomic mass is 16.4. The molecule has 0 amide bonds. The van der Waals surface area contributed by atoms with Gasteiger partial charge in [0.25, 0.3) is 0 Å². The van der Waals surface area contributed by atoms with Gasteiger partial charge in [-0.15, -0.1) is 0 Å². The summed E-state index contributed by atoms with van der Waals surface area (Å²) >= 11 is 0. The van der Waals surface area contributed by atoms with Crippen LogP contribution < -0.4 is 4.90 Å². The highest BCUT2D eigenvalue weighted by Gasteiger charge is 2.27. The molecule has 2 rings (SSSR count). The fourth-order valence-corrected chi connectivity index (χ4v) is 3.14. The van der Waals surface area contributed by atoms with E-state index in [0.29, 0.717) is 13.0 Å². The van der Waals surface area contributed by atoms with Crippen LogP contribution >= 0.6 is 0 Å². The number of hydrogen-bond donors (Lipinski definition) is 2. The van der Waals surface area contributed by atoms with Crippen LogP contribution in [-0.4, -0.2) is 34.9 Å². The monoisotopic (exact) mass is 291 g/mol. The molecular formula is C17H25NO3. The third-order valence-electron chi connectivity index (χ3n) is 4.22. The largest absolute Gasteiger partial charge is 0.481 e. The lowest BCUT2D eigenvalue weighted by Crippen LogP contribution is -2.44. The van der Waals surface area contributed by atoms with Crippen molar-refractivity contribution in [2.75, 3.05) is 11.4 Å². The van der Waals surface area contributed by atoms with Crippen LogP contribution in [0.4, 0.5) is 5.69 Å². The van der Waals surface area contributed by atoms with E-state index in [0.717, 1.165) is 31.4 Å². The van der Waals surface area contributed by atoms with Gasteiger partial charge < -0.3 is 15.1 Å². The Balaban J connectivity index is 2.11. The molecule has 0 heterocycles. The Morgan fingerprint density at radius 3 is 2.57 bits per heavy atom. The molecule has 2 unspecified atom stereocenters. The van der Waals surface area contributed by atoms with Gasteiger partial charge in [-0.05, 0) is 31.4 Å². The fraction of sp³-hybridized carbons (Fsp3) is 0.588. The van der Waals surface area contributed by atoms with E-state index in [9.17, 15) is 9.90 Å². The third kappa shape index (κ3) is 4.74. The van der Waals surface area contributed by atoms with Gasteiger partial charge in [0.15, 0.2) is 0 Å². The number of aliphatic carboxylic acids is 1. The Bertz CT molecular complexity index is 435. The molecule has 1 fully saturated rings. The number of hydrogen-bond acceptors (Lipinski definition) is 3. The summed E-state index contributed by atoms with van der Waals surface area (Å²) in [5.74, 6) is -0.760. The second kappa shape index (κ2) is 8.03. The predicted octanol–water partition coefficient (Wildman–Crippen LogP) is 3.05. The summed E-state index contributed by atoms with van der Waals surface area (Å²) in [6.45, 7) is 0.679. The maximum atomic E-state index is 10.7. The summed E-state index contributed by atoms with van der Waals surface area (Å²) < 4.78 is 0. The van der Waals surface area contributed by atoms with Crippen molar-refractivity contribution in [2.24, 2.45) is 0 Å². The minimum absolute atomic E-state index is 0.101. The molecule has 116 valence electrons. The van der Waals surface area contributed by atoms with Crippen LogP contribution in [0, 0.1) is 0 Å². The van der Waals surface area contributed by atoms with Gasteiger partial charge in [-0.3, -0.25) is 4.79 Å². The molecule has 1 aliphatic carbocycles. The van der Waals surface area contributed by atoms with Crippen LogP contribution in [0.1, 0.15) is 44.9 Å². The van der Waals surface area contributed by atoms with E-state index >= 15 is 0 Å². The molecule has 0 bridgehead atoms. The molecule has 2 atom stereocenters. The molecule has 0 spiro atoms. The van der Waals surface area contributed by atoms with Crippen LogP contribution in [0.2, 0.25) is 0 Å². The highest BCUT2D eigenvalue weighted by Crippen LogP contribution is 2.27. The summed E-state index contributed by atoms with van der Waals surface area (Å²) in [6.07, 6.45) is 5.65. The molecule has 2 N–H and O–H groups in total. The van der Waals surface area contributed by atoms with Gasteiger partial charge in [-0.2, -0.15) is 0 Å². The smallest absolute Gasteiger partial charge is 0.303 e. The first-order valence-electron chi connectivity index (χ1n) is 7.90. The van der Waals surface area contributed by atoms with Gasteiger partial charge in [0.2, 0.25) is 0 Å². The van der Waals surface area contributed by atoms with Gasteiger partial charge in [0.1, 0.15) is 0 Å². The molecule has 21 heavy (non-hydrogen) atoms. The average Bonchev–Trinajstić information content (AvgIpc) is 2.69. The summed E-state index contributed by atoms with van der Waals surface area (Å²) in [7, 11) is 0. The number of para-hydroxylation sites is 1. The molecule has 0 saturated heterocycles. The quantitative estimate of drug-likeness (QED) is 0.791. The SMILES string of the molecule is O=C(O)CCCN(c1ccccc1)C1CCCCCC1O. The van der Waals surface area contributed by atoms with Gasteiger partial charge >= 0.3 is 5.97 Å². The van der Waals surface area contributed by atoms with Crippen LogP contribution in [-0.2, 0) is 4.79 Å². The Hall–Kier alpha value is -1.55. The van der Waals surface area contributed by atoms with Crippen molar-refractivity contribution in [3.8, 4) is 0 Å². The third-order valence-corrected chi connectivity index (χ3v) is 4.22. The fourth-order valence-electron chi connectivity index (χ4n) is 3.14. The number of aliphatic hydroxyl groups excluding tert-OH is 1. The van der Waals surface area contributed by atoms with E-state index in [1.165, 1.54) is 6.42 Å². The van der Waals surface area contributed by atoms with Crippen molar-refractivity contribution < 1.29 is 15.0 Å². The van der Waals surface area contributed by atoms with Gasteiger partial charge in [-0.25, -0.2) is 0 Å².